The van der Waals surface area contributed by atoms with Gasteiger partial charge in [0.2, 0.25) is 5.91 Å². The van der Waals surface area contributed by atoms with Crippen molar-refractivity contribution in [2.45, 2.75) is 6.92 Å². The summed E-state index contributed by atoms with van der Waals surface area (Å²) in [6, 6.07) is 1.65. The monoisotopic (exact) mass is 222 g/mol. The molecule has 2 amide bonds. The fraction of sp³-hybridized carbons (Fsp3) is 0.455. The molecule has 2 heterocycles. The van der Waals surface area contributed by atoms with Crippen molar-refractivity contribution in [1.82, 2.24) is 9.80 Å². The van der Waals surface area contributed by atoms with Crippen LogP contribution < -0.4 is 0 Å². The highest BCUT2D eigenvalue weighted by atomic mass is 16.3. The molecule has 1 aliphatic heterocycles. The maximum Gasteiger partial charge on any atom is 0.257 e. The van der Waals surface area contributed by atoms with Gasteiger partial charge in [0.05, 0.1) is 11.8 Å². The molecule has 0 bridgehead atoms. The van der Waals surface area contributed by atoms with Gasteiger partial charge in [0.1, 0.15) is 6.26 Å². The molecule has 2 rings (SSSR count). The van der Waals surface area contributed by atoms with Crippen molar-refractivity contribution in [3.63, 3.8) is 0 Å². The molecule has 16 heavy (non-hydrogen) atoms. The number of nitrogens with zero attached hydrogens (tertiary/aromatic N) is 2. The van der Waals surface area contributed by atoms with E-state index in [9.17, 15) is 9.59 Å². The van der Waals surface area contributed by atoms with E-state index in [0.29, 0.717) is 31.7 Å². The Bertz CT molecular complexity index is 378. The molecule has 1 aliphatic rings. The number of hydrogen-bond acceptors (Lipinski definition) is 3. The zero-order chi connectivity index (χ0) is 11.5. The first-order chi connectivity index (χ1) is 7.68. The molecule has 1 saturated heterocycles. The van der Waals surface area contributed by atoms with Crippen LogP contribution in [0.2, 0.25) is 0 Å². The first-order valence-corrected chi connectivity index (χ1v) is 5.25. The highest BCUT2D eigenvalue weighted by Gasteiger charge is 2.23. The molecule has 0 spiro atoms. The van der Waals surface area contributed by atoms with Crippen molar-refractivity contribution in [3.05, 3.63) is 24.2 Å². The SMILES string of the molecule is CC(=O)N1CCN(C(=O)c2ccoc2)CC1. The van der Waals surface area contributed by atoms with Gasteiger partial charge >= 0.3 is 0 Å². The standard InChI is InChI=1S/C11H14N2O3/c1-9(14)12-3-5-13(6-4-12)11(15)10-2-7-16-8-10/h2,7-8H,3-6H2,1H3. The van der Waals surface area contributed by atoms with Gasteiger partial charge in [-0.15, -0.1) is 0 Å². The second-order valence-electron chi connectivity index (χ2n) is 3.81. The van der Waals surface area contributed by atoms with E-state index in [1.165, 1.54) is 12.5 Å². The normalized spacial score (nSPS) is 16.3. The fourth-order valence-electron chi connectivity index (χ4n) is 1.79. The Labute approximate surface area is 93.6 Å². The lowest BCUT2D eigenvalue weighted by Crippen LogP contribution is -2.50. The highest BCUT2D eigenvalue weighted by Crippen LogP contribution is 2.09. The van der Waals surface area contributed by atoms with Crippen molar-refractivity contribution < 1.29 is 14.0 Å². The number of furan rings is 1. The Morgan fingerprint density at radius 3 is 2.31 bits per heavy atom. The predicted octanol–water partition coefficient (Wildman–Crippen LogP) is 0.584. The lowest BCUT2D eigenvalue weighted by Gasteiger charge is -2.33. The van der Waals surface area contributed by atoms with Crippen molar-refractivity contribution in [3.8, 4) is 0 Å². The average Bonchev–Trinajstić information content (AvgIpc) is 2.81. The molecule has 0 atom stereocenters. The van der Waals surface area contributed by atoms with E-state index >= 15 is 0 Å². The Morgan fingerprint density at radius 1 is 1.19 bits per heavy atom. The van der Waals surface area contributed by atoms with Gasteiger partial charge in [-0.1, -0.05) is 0 Å². The van der Waals surface area contributed by atoms with Gasteiger partial charge in [-0.25, -0.2) is 0 Å². The number of rotatable bonds is 1. The van der Waals surface area contributed by atoms with Crippen molar-refractivity contribution in [1.29, 1.82) is 0 Å². The molecule has 1 aromatic rings. The van der Waals surface area contributed by atoms with Crippen LogP contribution in [0, 0.1) is 0 Å². The van der Waals surface area contributed by atoms with Crippen LogP contribution in [0.15, 0.2) is 23.0 Å². The summed E-state index contributed by atoms with van der Waals surface area (Å²) in [5.74, 6) is 0.0346. The molecule has 0 saturated carbocycles. The van der Waals surface area contributed by atoms with Gasteiger partial charge in [0.25, 0.3) is 5.91 Å². The summed E-state index contributed by atoms with van der Waals surface area (Å²) in [6.07, 6.45) is 2.93. The molecule has 5 nitrogen and oxygen atoms in total. The van der Waals surface area contributed by atoms with Crippen LogP contribution in [0.4, 0.5) is 0 Å². The van der Waals surface area contributed by atoms with E-state index < -0.39 is 0 Å². The van der Waals surface area contributed by atoms with Gasteiger partial charge < -0.3 is 14.2 Å². The van der Waals surface area contributed by atoms with E-state index in [2.05, 4.69) is 0 Å². The van der Waals surface area contributed by atoms with E-state index in [1.54, 1.807) is 22.8 Å². The second kappa shape index (κ2) is 4.38. The molecular formula is C11H14N2O3. The number of carbonyl (C=O) groups is 2. The van der Waals surface area contributed by atoms with E-state index in [0.717, 1.165) is 0 Å². The Morgan fingerprint density at radius 2 is 1.81 bits per heavy atom. The summed E-state index contributed by atoms with van der Waals surface area (Å²) in [4.78, 5) is 26.5. The van der Waals surface area contributed by atoms with Gasteiger partial charge in [-0.2, -0.15) is 0 Å². The number of piperazine rings is 1. The molecular weight excluding hydrogens is 208 g/mol. The highest BCUT2D eigenvalue weighted by molar-refractivity contribution is 5.94. The van der Waals surface area contributed by atoms with Crippen molar-refractivity contribution >= 4 is 11.8 Å². The van der Waals surface area contributed by atoms with Crippen LogP contribution in [0.5, 0.6) is 0 Å². The summed E-state index contributed by atoms with van der Waals surface area (Å²) in [5.41, 5.74) is 0.566. The van der Waals surface area contributed by atoms with Gasteiger partial charge in [0.15, 0.2) is 0 Å². The van der Waals surface area contributed by atoms with Crippen LogP contribution in [0.1, 0.15) is 17.3 Å². The lowest BCUT2D eigenvalue weighted by molar-refractivity contribution is -0.130. The third-order valence-electron chi connectivity index (χ3n) is 2.78. The van der Waals surface area contributed by atoms with Crippen LogP contribution in [-0.2, 0) is 4.79 Å². The van der Waals surface area contributed by atoms with Crippen LogP contribution in [0.3, 0.4) is 0 Å². The summed E-state index contributed by atoms with van der Waals surface area (Å²) in [6.45, 7) is 3.94. The third-order valence-corrected chi connectivity index (χ3v) is 2.78. The van der Waals surface area contributed by atoms with E-state index in [-0.39, 0.29) is 11.8 Å². The van der Waals surface area contributed by atoms with Crippen molar-refractivity contribution in [2.24, 2.45) is 0 Å². The van der Waals surface area contributed by atoms with E-state index in [1.807, 2.05) is 0 Å². The van der Waals surface area contributed by atoms with Crippen LogP contribution >= 0.6 is 0 Å². The maximum atomic E-state index is 11.9. The predicted molar refractivity (Wildman–Crippen MR) is 56.9 cm³/mol. The third kappa shape index (κ3) is 2.08. The number of carbonyl (C=O) groups excluding carboxylic acids is 2. The number of hydrogen-bond donors (Lipinski definition) is 0. The zero-order valence-corrected chi connectivity index (χ0v) is 9.18. The molecule has 86 valence electrons. The Hall–Kier alpha value is -1.78. The summed E-state index contributed by atoms with van der Waals surface area (Å²) >= 11 is 0. The van der Waals surface area contributed by atoms with Gasteiger partial charge in [-0.3, -0.25) is 9.59 Å². The molecule has 1 fully saturated rings. The first kappa shape index (κ1) is 10.7. The minimum atomic E-state index is -0.0306. The molecule has 0 radical (unpaired) electrons. The Kier molecular flexibility index (Phi) is 2.94. The summed E-state index contributed by atoms with van der Waals surface area (Å²) in [5, 5.41) is 0. The van der Waals surface area contributed by atoms with Gasteiger partial charge in [-0.05, 0) is 6.07 Å². The largest absolute Gasteiger partial charge is 0.472 e. The first-order valence-electron chi connectivity index (χ1n) is 5.25. The molecule has 5 heteroatoms. The number of amides is 2. The topological polar surface area (TPSA) is 53.8 Å². The Balaban J connectivity index is 1.94. The molecule has 0 unspecified atom stereocenters. The smallest absolute Gasteiger partial charge is 0.257 e. The zero-order valence-electron chi connectivity index (χ0n) is 9.18. The van der Waals surface area contributed by atoms with Gasteiger partial charge in [0, 0.05) is 33.1 Å². The minimum Gasteiger partial charge on any atom is -0.472 e. The van der Waals surface area contributed by atoms with E-state index in [4.69, 9.17) is 4.42 Å². The van der Waals surface area contributed by atoms with Crippen LogP contribution in [0.25, 0.3) is 0 Å². The molecule has 0 aliphatic carbocycles. The summed E-state index contributed by atoms with van der Waals surface area (Å²) < 4.78 is 4.87. The molecule has 0 aromatic carbocycles. The maximum absolute atomic E-state index is 11.9. The molecule has 1 aromatic heterocycles. The lowest BCUT2D eigenvalue weighted by atomic mass is 10.2. The van der Waals surface area contributed by atoms with Crippen LogP contribution in [-0.4, -0.2) is 47.8 Å². The van der Waals surface area contributed by atoms with Crippen molar-refractivity contribution in [2.75, 3.05) is 26.2 Å². The average molecular weight is 222 g/mol. The molecule has 0 N–H and O–H groups in total. The fourth-order valence-corrected chi connectivity index (χ4v) is 1.79. The quantitative estimate of drug-likeness (QED) is 0.698. The summed E-state index contributed by atoms with van der Waals surface area (Å²) in [7, 11) is 0. The second-order valence-corrected chi connectivity index (χ2v) is 3.81. The minimum absolute atomic E-state index is 0.0306.